The van der Waals surface area contributed by atoms with E-state index in [1.165, 1.54) is 92.8 Å². The number of hydrogen-bond donors (Lipinski definition) is 0. The maximum Gasteiger partial charge on any atom is 0.0722 e. The Labute approximate surface area is 424 Å². The number of pyridine rings is 1. The molecule has 0 saturated heterocycles. The summed E-state index contributed by atoms with van der Waals surface area (Å²) < 4.78 is 9.77. The van der Waals surface area contributed by atoms with E-state index in [9.17, 15) is 0 Å². The van der Waals surface area contributed by atoms with E-state index in [-0.39, 0.29) is 0 Å². The smallest absolute Gasteiger partial charge is 0.0722 e. The minimum absolute atomic E-state index is 0.938. The number of rotatable bonds is 5. The maximum atomic E-state index is 5.54. The monoisotopic (exact) mass is 939 g/mol. The lowest BCUT2D eigenvalue weighted by atomic mass is 10.0. The van der Waals surface area contributed by atoms with Gasteiger partial charge in [-0.2, -0.15) is 0 Å². The van der Waals surface area contributed by atoms with E-state index < -0.39 is 0 Å². The van der Waals surface area contributed by atoms with E-state index in [2.05, 4.69) is 267 Å². The van der Waals surface area contributed by atoms with Gasteiger partial charge in [0.25, 0.3) is 0 Å². The Morgan fingerprint density at radius 3 is 1.03 bits per heavy atom. The molecule has 0 saturated carbocycles. The van der Waals surface area contributed by atoms with Crippen LogP contribution in [0, 0.1) is 0 Å². The van der Waals surface area contributed by atoms with Crippen molar-refractivity contribution in [3.8, 4) is 56.3 Å². The Hall–Kier alpha value is -9.97. The van der Waals surface area contributed by atoms with Crippen molar-refractivity contribution >= 4 is 98.1 Å². The number of benzene rings is 11. The van der Waals surface area contributed by atoms with Crippen molar-refractivity contribution in [1.29, 1.82) is 0 Å². The van der Waals surface area contributed by atoms with Crippen molar-refractivity contribution in [2.24, 2.45) is 0 Å². The molecule has 17 rings (SSSR count). The summed E-state index contributed by atoms with van der Waals surface area (Å²) in [7, 11) is 0. The minimum atomic E-state index is 0.938. The normalized spacial score (nSPS) is 12.3. The summed E-state index contributed by atoms with van der Waals surface area (Å²) in [6.45, 7) is 0. The number of hydrogen-bond acceptors (Lipinski definition) is 1. The summed E-state index contributed by atoms with van der Waals surface area (Å²) in [5.41, 5.74) is 21.7. The number of aromatic nitrogens is 5. The second kappa shape index (κ2) is 14.8. The summed E-state index contributed by atoms with van der Waals surface area (Å²) in [6, 6.07) is 91.6. The van der Waals surface area contributed by atoms with Gasteiger partial charge in [-0.1, -0.05) is 146 Å². The van der Waals surface area contributed by atoms with Gasteiger partial charge in [0, 0.05) is 76.8 Å². The molecule has 1 aliphatic carbocycles. The lowest BCUT2D eigenvalue weighted by Crippen LogP contribution is -2.01. The van der Waals surface area contributed by atoms with Crippen LogP contribution in [0.4, 0.5) is 0 Å². The van der Waals surface area contributed by atoms with Gasteiger partial charge >= 0.3 is 0 Å². The first-order chi connectivity index (χ1) is 36.7. The first-order valence-corrected chi connectivity index (χ1v) is 25.5. The van der Waals surface area contributed by atoms with Crippen LogP contribution in [0.3, 0.4) is 0 Å². The number of para-hydroxylation sites is 6. The van der Waals surface area contributed by atoms with Crippen LogP contribution in [0.25, 0.3) is 154 Å². The van der Waals surface area contributed by atoms with E-state index in [0.29, 0.717) is 0 Å². The lowest BCUT2D eigenvalue weighted by Gasteiger charge is -2.16. The summed E-state index contributed by atoms with van der Waals surface area (Å²) in [6.07, 6.45) is 0. The molecule has 0 bridgehead atoms. The second-order valence-corrected chi connectivity index (χ2v) is 19.9. The van der Waals surface area contributed by atoms with Gasteiger partial charge in [0.05, 0.1) is 55.3 Å². The predicted molar refractivity (Wildman–Crippen MR) is 309 cm³/mol. The van der Waals surface area contributed by atoms with Crippen molar-refractivity contribution in [2.45, 2.75) is 0 Å². The molecule has 11 aromatic carbocycles. The summed E-state index contributed by atoms with van der Waals surface area (Å²) in [5.74, 6) is 0. The highest BCUT2D eigenvalue weighted by Crippen LogP contribution is 2.48. The molecular formula is C69H41N5. The Bertz CT molecular complexity index is 4740. The summed E-state index contributed by atoms with van der Waals surface area (Å²) >= 11 is 0. The lowest BCUT2D eigenvalue weighted by molar-refractivity contribution is 1.13. The highest BCUT2D eigenvalue weighted by molar-refractivity contribution is 6.17. The summed E-state index contributed by atoms with van der Waals surface area (Å²) in [5, 5.41) is 11.0. The fraction of sp³-hybridized carbons (Fsp3) is 0. The fourth-order valence-corrected chi connectivity index (χ4v) is 13.0. The van der Waals surface area contributed by atoms with Gasteiger partial charge in [-0.3, -0.25) is 0 Å². The third-order valence-corrected chi connectivity index (χ3v) is 16.0. The van der Waals surface area contributed by atoms with Crippen LogP contribution in [-0.4, -0.2) is 23.3 Å². The molecular weight excluding hydrogens is 899 g/mol. The molecule has 5 heterocycles. The largest absolute Gasteiger partial charge is 0.309 e. The van der Waals surface area contributed by atoms with Crippen molar-refractivity contribution in [2.75, 3.05) is 0 Å². The first-order valence-electron chi connectivity index (χ1n) is 25.5. The Morgan fingerprint density at radius 1 is 0.230 bits per heavy atom. The van der Waals surface area contributed by atoms with Crippen LogP contribution in [0.1, 0.15) is 0 Å². The van der Waals surface area contributed by atoms with Gasteiger partial charge in [-0.05, 0) is 125 Å². The average Bonchev–Trinajstić information content (AvgIpc) is 4.26. The molecule has 5 nitrogen and oxygen atoms in total. The van der Waals surface area contributed by atoms with Crippen LogP contribution in [0.5, 0.6) is 0 Å². The third kappa shape index (κ3) is 5.39. The van der Waals surface area contributed by atoms with Gasteiger partial charge < -0.3 is 18.3 Å². The molecule has 0 N–H and O–H groups in total. The van der Waals surface area contributed by atoms with Crippen LogP contribution in [0.15, 0.2) is 249 Å². The van der Waals surface area contributed by atoms with Crippen molar-refractivity contribution in [3.63, 3.8) is 0 Å². The molecule has 0 amide bonds. The van der Waals surface area contributed by atoms with E-state index >= 15 is 0 Å². The second-order valence-electron chi connectivity index (χ2n) is 19.9. The van der Waals surface area contributed by atoms with E-state index in [4.69, 9.17) is 4.98 Å². The molecule has 0 unspecified atom stereocenters. The van der Waals surface area contributed by atoms with E-state index in [1.54, 1.807) is 0 Å². The molecule has 0 spiro atoms. The molecule has 0 atom stereocenters. The fourth-order valence-electron chi connectivity index (χ4n) is 13.0. The highest BCUT2D eigenvalue weighted by atomic mass is 15.0. The van der Waals surface area contributed by atoms with Gasteiger partial charge in [0.2, 0.25) is 0 Å². The molecule has 5 aromatic heterocycles. The van der Waals surface area contributed by atoms with Gasteiger partial charge in [-0.25, -0.2) is 4.98 Å². The van der Waals surface area contributed by atoms with Gasteiger partial charge in [0.15, 0.2) is 0 Å². The molecule has 74 heavy (non-hydrogen) atoms. The average molecular weight is 940 g/mol. The molecule has 342 valence electrons. The van der Waals surface area contributed by atoms with Crippen LogP contribution >= 0.6 is 0 Å². The van der Waals surface area contributed by atoms with Crippen LogP contribution in [0.2, 0.25) is 0 Å². The van der Waals surface area contributed by atoms with E-state index in [0.717, 1.165) is 61.6 Å². The van der Waals surface area contributed by atoms with Crippen molar-refractivity contribution in [3.05, 3.63) is 249 Å². The predicted octanol–water partition coefficient (Wildman–Crippen LogP) is 17.9. The quantitative estimate of drug-likeness (QED) is 0.169. The van der Waals surface area contributed by atoms with Crippen molar-refractivity contribution in [1.82, 2.24) is 23.3 Å². The zero-order valence-electron chi connectivity index (χ0n) is 39.9. The zero-order valence-corrected chi connectivity index (χ0v) is 39.9. The van der Waals surface area contributed by atoms with Crippen LogP contribution < -0.4 is 0 Å². The number of fused-ring (bicyclic) bond motifs is 15. The Kier molecular flexibility index (Phi) is 7.94. The molecule has 0 fully saturated rings. The SMILES string of the molecule is c1ccc2c(c1)-c1cccc3nc(-c4cc(-n5c6ccccc6c6cc(-n7c8ccccc8c8ccccc87)ccc65)cc(-n5c6ccccc6c6cc(-n7c8ccccc8c8ccccc87)ccc65)c4)cc-2c13. The maximum absolute atomic E-state index is 5.54. The standard InChI is InChI=1S/C69H41N5/c1-2-17-48-47(16-1)55-24-15-25-59-69(55)58(48)41-60(70-59)42-36-45(73-65-30-13-7-22-53(65)56-39-43(32-34-67(56)73)71-61-26-9-3-18-49(61)50-19-4-10-27-62(50)71)38-46(37-42)74-66-31-14-8-23-54(66)57-40-44(33-35-68(57)74)72-63-28-11-5-20-51(63)52-21-6-12-29-64(52)72/h1-41H. The van der Waals surface area contributed by atoms with Gasteiger partial charge in [-0.15, -0.1) is 0 Å². The minimum Gasteiger partial charge on any atom is -0.309 e. The Balaban J connectivity index is 0.934. The van der Waals surface area contributed by atoms with Crippen LogP contribution in [-0.2, 0) is 0 Å². The topological polar surface area (TPSA) is 32.6 Å². The zero-order chi connectivity index (χ0) is 48.2. The molecule has 0 aliphatic heterocycles. The van der Waals surface area contributed by atoms with Crippen molar-refractivity contribution < 1.29 is 0 Å². The van der Waals surface area contributed by atoms with Gasteiger partial charge in [0.1, 0.15) is 0 Å². The third-order valence-electron chi connectivity index (χ3n) is 16.0. The molecule has 5 heteroatoms. The van der Waals surface area contributed by atoms with E-state index in [1.807, 2.05) is 0 Å². The first kappa shape index (κ1) is 39.7. The number of nitrogens with zero attached hydrogens (tertiary/aromatic N) is 5. The highest BCUT2D eigenvalue weighted by Gasteiger charge is 2.25. The molecule has 1 aliphatic rings. The summed E-state index contributed by atoms with van der Waals surface area (Å²) in [4.78, 5) is 5.54. The molecule has 0 radical (unpaired) electrons. The molecule has 16 aromatic rings. The Morgan fingerprint density at radius 2 is 0.581 bits per heavy atom.